The molecule has 2 rings (SSSR count). The minimum atomic E-state index is -0.319. The number of hydrazine groups is 1. The molecule has 0 saturated carbocycles. The molecule has 0 radical (unpaired) electrons. The highest BCUT2D eigenvalue weighted by Gasteiger charge is 2.21. The first-order valence-electron chi connectivity index (χ1n) is 8.70. The molecule has 0 aliphatic carbocycles. The Morgan fingerprint density at radius 2 is 2.12 bits per heavy atom. The smallest absolute Gasteiger partial charge is 0.262 e. The first-order valence-corrected chi connectivity index (χ1v) is 9.11. The molecule has 0 spiro atoms. The zero-order chi connectivity index (χ0) is 19.3. The lowest BCUT2D eigenvalue weighted by molar-refractivity contribution is -0.117. The Bertz CT molecular complexity index is 711. The highest BCUT2D eigenvalue weighted by molar-refractivity contribution is 7.80. The normalized spacial score (nSPS) is 16.0. The van der Waals surface area contributed by atoms with Crippen LogP contribution in [0.3, 0.4) is 0 Å². The minimum absolute atomic E-state index is 0.155. The Labute approximate surface area is 160 Å². The molecule has 1 aromatic rings. The van der Waals surface area contributed by atoms with Gasteiger partial charge in [0.05, 0.1) is 6.61 Å². The molecule has 1 atom stereocenters. The maximum Gasteiger partial charge on any atom is 0.262 e. The number of carbonyl (C=O) groups is 1. The lowest BCUT2D eigenvalue weighted by Gasteiger charge is -2.22. The van der Waals surface area contributed by atoms with E-state index in [0.717, 1.165) is 29.0 Å². The number of hydrogen-bond acceptors (Lipinski definition) is 4. The summed E-state index contributed by atoms with van der Waals surface area (Å²) >= 11 is 5.12. The molecule has 0 unspecified atom stereocenters. The predicted molar refractivity (Wildman–Crippen MR) is 107 cm³/mol. The van der Waals surface area contributed by atoms with Gasteiger partial charge in [0.15, 0.2) is 5.11 Å². The van der Waals surface area contributed by atoms with E-state index in [-0.39, 0.29) is 17.6 Å². The fourth-order valence-electron chi connectivity index (χ4n) is 2.56. The summed E-state index contributed by atoms with van der Waals surface area (Å²) in [5.41, 5.74) is 6.95. The second kappa shape index (κ2) is 8.40. The predicted octanol–water partition coefficient (Wildman–Crippen LogP) is 2.72. The van der Waals surface area contributed by atoms with E-state index in [0.29, 0.717) is 11.7 Å². The van der Waals surface area contributed by atoms with Gasteiger partial charge in [-0.2, -0.15) is 0 Å². The summed E-state index contributed by atoms with van der Waals surface area (Å²) in [6.07, 6.45) is 4.15. The van der Waals surface area contributed by atoms with E-state index in [1.54, 1.807) is 6.08 Å². The molecule has 7 heteroatoms. The molecule has 3 N–H and O–H groups in total. The molecule has 142 valence electrons. The van der Waals surface area contributed by atoms with Crippen LogP contribution >= 0.6 is 12.2 Å². The van der Waals surface area contributed by atoms with Gasteiger partial charge in [0.25, 0.3) is 5.91 Å². The van der Waals surface area contributed by atoms with Gasteiger partial charge < -0.3 is 14.8 Å². The molecule has 1 aliphatic heterocycles. The van der Waals surface area contributed by atoms with Crippen molar-refractivity contribution in [3.8, 4) is 11.5 Å². The van der Waals surface area contributed by atoms with Crippen LogP contribution in [0.2, 0.25) is 0 Å². The maximum absolute atomic E-state index is 12.0. The summed E-state index contributed by atoms with van der Waals surface area (Å²) in [5.74, 6) is 1.26. The average Bonchev–Trinajstić information content (AvgIpc) is 2.88. The van der Waals surface area contributed by atoms with Gasteiger partial charge in [0.1, 0.15) is 17.6 Å². The lowest BCUT2D eigenvalue weighted by atomic mass is 10.1. The zero-order valence-electron chi connectivity index (χ0n) is 15.9. The van der Waals surface area contributed by atoms with Gasteiger partial charge in [-0.05, 0) is 65.0 Å². The molecule has 1 aliphatic rings. The van der Waals surface area contributed by atoms with Gasteiger partial charge in [-0.3, -0.25) is 15.6 Å². The lowest BCUT2D eigenvalue weighted by Crippen LogP contribution is -2.51. The van der Waals surface area contributed by atoms with Crippen molar-refractivity contribution in [3.63, 3.8) is 0 Å². The van der Waals surface area contributed by atoms with Gasteiger partial charge in [-0.1, -0.05) is 0 Å². The topological polar surface area (TPSA) is 71.6 Å². The molecule has 0 aromatic heterocycles. The van der Waals surface area contributed by atoms with Crippen LogP contribution in [0.4, 0.5) is 0 Å². The van der Waals surface area contributed by atoms with E-state index in [9.17, 15) is 4.79 Å². The second-order valence-corrected chi connectivity index (χ2v) is 7.62. The Kier molecular flexibility index (Phi) is 6.47. The molecule has 6 nitrogen and oxygen atoms in total. The van der Waals surface area contributed by atoms with Crippen LogP contribution in [0.5, 0.6) is 11.5 Å². The molecule has 0 fully saturated rings. The third-order valence-electron chi connectivity index (χ3n) is 3.53. The number of hydrogen-bond donors (Lipinski definition) is 3. The summed E-state index contributed by atoms with van der Waals surface area (Å²) in [5, 5.41) is 3.41. The van der Waals surface area contributed by atoms with Gasteiger partial charge >= 0.3 is 0 Å². The van der Waals surface area contributed by atoms with Crippen molar-refractivity contribution in [2.75, 3.05) is 6.61 Å². The Morgan fingerprint density at radius 1 is 1.38 bits per heavy atom. The van der Waals surface area contributed by atoms with Crippen molar-refractivity contribution >= 4 is 29.3 Å². The number of nitrogens with one attached hydrogen (secondary N) is 3. The van der Waals surface area contributed by atoms with Gasteiger partial charge in [-0.15, -0.1) is 0 Å². The van der Waals surface area contributed by atoms with E-state index >= 15 is 0 Å². The quantitative estimate of drug-likeness (QED) is 0.426. The number of carbonyl (C=O) groups excluding carboxylic acids is 1. The molecule has 1 amide bonds. The Balaban J connectivity index is 2.01. The van der Waals surface area contributed by atoms with Crippen LogP contribution in [-0.2, 0) is 11.2 Å². The maximum atomic E-state index is 12.0. The fraction of sp³-hybridized carbons (Fsp3) is 0.474. The number of rotatable bonds is 4. The monoisotopic (exact) mass is 377 g/mol. The van der Waals surface area contributed by atoms with Gasteiger partial charge in [0, 0.05) is 29.2 Å². The molecule has 1 heterocycles. The van der Waals surface area contributed by atoms with E-state index < -0.39 is 0 Å². The molecular weight excluding hydrogens is 350 g/mol. The summed E-state index contributed by atoms with van der Waals surface area (Å²) in [6, 6.07) is 3.90. The Morgan fingerprint density at radius 3 is 2.77 bits per heavy atom. The Hall–Kier alpha value is -2.28. The van der Waals surface area contributed by atoms with Crippen molar-refractivity contribution in [2.24, 2.45) is 0 Å². The highest BCUT2D eigenvalue weighted by Crippen LogP contribution is 2.35. The molecule has 26 heavy (non-hydrogen) atoms. The van der Waals surface area contributed by atoms with Crippen molar-refractivity contribution in [2.45, 2.75) is 52.7 Å². The summed E-state index contributed by atoms with van der Waals surface area (Å²) in [7, 11) is 0. The number of thiocarbonyl (C=S) groups is 1. The van der Waals surface area contributed by atoms with Gasteiger partial charge in [0.2, 0.25) is 0 Å². The highest BCUT2D eigenvalue weighted by atomic mass is 32.1. The molecular formula is C19H27N3O3S. The van der Waals surface area contributed by atoms with E-state index in [1.807, 2.05) is 46.8 Å². The van der Waals surface area contributed by atoms with E-state index in [4.69, 9.17) is 21.7 Å². The number of fused-ring (bicyclic) bond motifs is 1. The standard InChI is InChI=1S/C19H27N3O3S/c1-6-24-15-11-14-9-12(2)25-16(14)10-13(15)7-8-17(23)21-22-18(26)20-19(3,4)5/h7-8,10-12H,6,9H2,1-5H3,(H,21,23)(H2,20,22,26)/b8-7+/t12-/m0/s1. The number of amides is 1. The summed E-state index contributed by atoms with van der Waals surface area (Å²) < 4.78 is 11.5. The average molecular weight is 378 g/mol. The second-order valence-electron chi connectivity index (χ2n) is 7.22. The van der Waals surface area contributed by atoms with E-state index in [1.165, 1.54) is 6.08 Å². The third kappa shape index (κ3) is 5.91. The van der Waals surface area contributed by atoms with Crippen LogP contribution in [0, 0.1) is 0 Å². The molecule has 0 saturated heterocycles. The number of benzene rings is 1. The largest absolute Gasteiger partial charge is 0.493 e. The van der Waals surface area contributed by atoms with Crippen molar-refractivity contribution in [1.29, 1.82) is 0 Å². The van der Waals surface area contributed by atoms with Crippen LogP contribution in [0.25, 0.3) is 6.08 Å². The van der Waals surface area contributed by atoms with Crippen LogP contribution < -0.4 is 25.6 Å². The molecule has 1 aromatic carbocycles. The van der Waals surface area contributed by atoms with Gasteiger partial charge in [-0.25, -0.2) is 0 Å². The number of ether oxygens (including phenoxy) is 2. The van der Waals surface area contributed by atoms with Crippen molar-refractivity contribution < 1.29 is 14.3 Å². The van der Waals surface area contributed by atoms with Crippen LogP contribution in [0.1, 0.15) is 45.7 Å². The summed E-state index contributed by atoms with van der Waals surface area (Å²) in [4.78, 5) is 12.0. The van der Waals surface area contributed by atoms with Crippen molar-refractivity contribution in [3.05, 3.63) is 29.3 Å². The first kappa shape index (κ1) is 20.0. The summed E-state index contributed by atoms with van der Waals surface area (Å²) in [6.45, 7) is 10.5. The minimum Gasteiger partial charge on any atom is -0.493 e. The van der Waals surface area contributed by atoms with Crippen molar-refractivity contribution in [1.82, 2.24) is 16.2 Å². The fourth-order valence-corrected chi connectivity index (χ4v) is 2.92. The van der Waals surface area contributed by atoms with Crippen LogP contribution in [0.15, 0.2) is 18.2 Å². The van der Waals surface area contributed by atoms with Crippen LogP contribution in [-0.4, -0.2) is 29.3 Å². The van der Waals surface area contributed by atoms with E-state index in [2.05, 4.69) is 16.2 Å². The third-order valence-corrected chi connectivity index (χ3v) is 3.73. The first-order chi connectivity index (χ1) is 12.2. The molecule has 0 bridgehead atoms. The SMILES string of the molecule is CCOc1cc2c(cc1/C=C/C(=O)NNC(=S)NC(C)(C)C)O[C@@H](C)C2. The zero-order valence-corrected chi connectivity index (χ0v) is 16.8.